The molecule has 2 N–H and O–H groups in total. The standard InChI is InChI=1S/C23H26F2N6O2.C3H8O/c1-14(21(26)18-5-6-18)29-23(31-9-8-17(13-32)12-28-31)30-22(33-3)15(2)27-11-16-4-7-19(24)20(25)10-16;1-3-4-2/h4,7-8,10,12-13,15,18,26-27H,1,5-6,9,11H2,2-3H3;3H2,1-2H3/b26-21?,29-23?,30-22+;. The molecule has 1 atom stereocenters. The Bertz CT molecular complexity index is 1090. The van der Waals surface area contributed by atoms with Crippen LogP contribution in [-0.4, -0.2) is 68.5 Å². The second kappa shape index (κ2) is 14.9. The lowest BCUT2D eigenvalue weighted by atomic mass is 10.2. The molecule has 0 radical (unpaired) electrons. The molecule has 9 nitrogen and oxygen atoms in total. The first-order chi connectivity index (χ1) is 17.7. The average molecular weight is 517 g/mol. The van der Waals surface area contributed by atoms with Crippen LogP contribution in [-0.2, 0) is 20.8 Å². The van der Waals surface area contributed by atoms with Crippen molar-refractivity contribution in [3.8, 4) is 0 Å². The van der Waals surface area contributed by atoms with Gasteiger partial charge in [0.15, 0.2) is 17.9 Å². The molecule has 0 spiro atoms. The van der Waals surface area contributed by atoms with Crippen molar-refractivity contribution in [2.75, 3.05) is 27.4 Å². The molecule has 1 saturated carbocycles. The maximum atomic E-state index is 13.5. The predicted molar refractivity (Wildman–Crippen MR) is 141 cm³/mol. The number of carbonyl (C=O) groups excluding carboxylic acids is 1. The van der Waals surface area contributed by atoms with Crippen LogP contribution in [0.15, 0.2) is 57.2 Å². The highest BCUT2D eigenvalue weighted by atomic mass is 19.2. The van der Waals surface area contributed by atoms with Gasteiger partial charge >= 0.3 is 0 Å². The second-order valence-electron chi connectivity index (χ2n) is 8.28. The average Bonchev–Trinajstić information content (AvgIpc) is 3.76. The molecular weight excluding hydrogens is 482 g/mol. The number of hydrogen-bond donors (Lipinski definition) is 2. The maximum Gasteiger partial charge on any atom is 0.250 e. The summed E-state index contributed by atoms with van der Waals surface area (Å²) < 4.78 is 36.6. The number of carbonyl (C=O) groups is 1. The molecule has 1 heterocycles. The lowest BCUT2D eigenvalue weighted by Crippen LogP contribution is -2.37. The first-order valence-corrected chi connectivity index (χ1v) is 11.9. The van der Waals surface area contributed by atoms with E-state index in [4.69, 9.17) is 10.1 Å². The van der Waals surface area contributed by atoms with Gasteiger partial charge in [-0.1, -0.05) is 18.7 Å². The zero-order chi connectivity index (χ0) is 27.4. The number of methoxy groups -OCH3 is 2. The SMILES string of the molecule is C=C(N=C(/N=C(/OC)C(C)NCc1ccc(F)c(F)c1)N1CC=C(C=O)C=N1)C(=N)C1CC1.CCOC. The van der Waals surface area contributed by atoms with Crippen LogP contribution in [0.25, 0.3) is 0 Å². The Morgan fingerprint density at radius 2 is 2.03 bits per heavy atom. The largest absolute Gasteiger partial charge is 0.483 e. The van der Waals surface area contributed by atoms with Crippen molar-refractivity contribution in [1.29, 1.82) is 5.41 Å². The predicted octanol–water partition coefficient (Wildman–Crippen LogP) is 3.87. The van der Waals surface area contributed by atoms with E-state index in [2.05, 4.69) is 31.7 Å². The highest BCUT2D eigenvalue weighted by Gasteiger charge is 2.28. The Kier molecular flexibility index (Phi) is 11.9. The van der Waals surface area contributed by atoms with Gasteiger partial charge in [0.05, 0.1) is 37.3 Å². The summed E-state index contributed by atoms with van der Waals surface area (Å²) in [4.78, 5) is 19.9. The fraction of sp³-hybridized carbons (Fsp3) is 0.423. The first kappa shape index (κ1) is 29.7. The van der Waals surface area contributed by atoms with Crippen molar-refractivity contribution in [2.45, 2.75) is 39.3 Å². The van der Waals surface area contributed by atoms with E-state index in [0.717, 1.165) is 31.6 Å². The van der Waals surface area contributed by atoms with E-state index in [1.807, 2.05) is 6.92 Å². The fourth-order valence-electron chi connectivity index (χ4n) is 2.99. The van der Waals surface area contributed by atoms with E-state index in [1.165, 1.54) is 24.4 Å². The van der Waals surface area contributed by atoms with Gasteiger partial charge in [-0.15, -0.1) is 0 Å². The monoisotopic (exact) mass is 516 g/mol. The van der Waals surface area contributed by atoms with Crippen LogP contribution in [0, 0.1) is 23.0 Å². The maximum absolute atomic E-state index is 13.5. The van der Waals surface area contributed by atoms with Gasteiger partial charge in [0, 0.05) is 31.8 Å². The van der Waals surface area contributed by atoms with E-state index in [0.29, 0.717) is 23.1 Å². The minimum atomic E-state index is -0.917. The molecule has 11 heteroatoms. The molecule has 1 unspecified atom stereocenters. The third kappa shape index (κ3) is 9.43. The van der Waals surface area contributed by atoms with Crippen LogP contribution < -0.4 is 5.32 Å². The minimum absolute atomic E-state index is 0.154. The zero-order valence-electron chi connectivity index (χ0n) is 21.6. The second-order valence-corrected chi connectivity index (χ2v) is 8.28. The lowest BCUT2D eigenvalue weighted by Gasteiger charge is -2.21. The number of nitrogens with one attached hydrogen (secondary N) is 2. The van der Waals surface area contributed by atoms with Crippen LogP contribution in [0.5, 0.6) is 0 Å². The van der Waals surface area contributed by atoms with Crippen LogP contribution >= 0.6 is 0 Å². The molecule has 1 aliphatic heterocycles. The number of aldehydes is 1. The summed E-state index contributed by atoms with van der Waals surface area (Å²) in [5.41, 5.74) is 1.64. The van der Waals surface area contributed by atoms with Crippen LogP contribution in [0.1, 0.15) is 32.3 Å². The molecule has 0 aromatic heterocycles. The quantitative estimate of drug-likeness (QED) is 0.294. The molecule has 0 bridgehead atoms. The highest BCUT2D eigenvalue weighted by Crippen LogP contribution is 2.32. The number of aliphatic imine (C=N–C) groups is 2. The van der Waals surface area contributed by atoms with Crippen molar-refractivity contribution in [1.82, 2.24) is 10.3 Å². The third-order valence-electron chi connectivity index (χ3n) is 5.42. The lowest BCUT2D eigenvalue weighted by molar-refractivity contribution is -0.104. The summed E-state index contributed by atoms with van der Waals surface area (Å²) in [6.45, 7) is 8.98. The number of hydrazone groups is 1. The zero-order valence-corrected chi connectivity index (χ0v) is 21.6. The highest BCUT2D eigenvalue weighted by molar-refractivity contribution is 6.05. The molecule has 3 rings (SSSR count). The first-order valence-electron chi connectivity index (χ1n) is 11.9. The van der Waals surface area contributed by atoms with Gasteiger partial charge in [0.2, 0.25) is 11.9 Å². The van der Waals surface area contributed by atoms with E-state index in [9.17, 15) is 13.6 Å². The molecule has 1 fully saturated rings. The van der Waals surface area contributed by atoms with E-state index >= 15 is 0 Å². The van der Waals surface area contributed by atoms with E-state index in [1.54, 1.807) is 20.1 Å². The Labute approximate surface area is 216 Å². The summed E-state index contributed by atoms with van der Waals surface area (Å²) in [5, 5.41) is 17.1. The molecule has 0 saturated heterocycles. The molecule has 1 aliphatic carbocycles. The molecule has 200 valence electrons. The van der Waals surface area contributed by atoms with E-state index < -0.39 is 17.7 Å². The number of nitrogens with zero attached hydrogens (tertiary/aromatic N) is 4. The Morgan fingerprint density at radius 1 is 1.32 bits per heavy atom. The van der Waals surface area contributed by atoms with Crippen LogP contribution in [0.2, 0.25) is 0 Å². The summed E-state index contributed by atoms with van der Waals surface area (Å²) in [6.07, 6.45) is 5.65. The number of hydrogen-bond acceptors (Lipinski definition) is 7. The van der Waals surface area contributed by atoms with Crippen LogP contribution in [0.4, 0.5) is 8.78 Å². The summed E-state index contributed by atoms with van der Waals surface area (Å²) in [5.74, 6) is -1.24. The van der Waals surface area contributed by atoms with Crippen molar-refractivity contribution in [3.63, 3.8) is 0 Å². The normalized spacial score (nSPS) is 16.4. The van der Waals surface area contributed by atoms with Gasteiger partial charge < -0.3 is 20.2 Å². The number of ether oxygens (including phenoxy) is 2. The van der Waals surface area contributed by atoms with E-state index in [-0.39, 0.29) is 36.6 Å². The van der Waals surface area contributed by atoms with Gasteiger partial charge in [-0.2, -0.15) is 10.1 Å². The molecule has 1 aromatic rings. The van der Waals surface area contributed by atoms with Gasteiger partial charge in [0.25, 0.3) is 0 Å². The van der Waals surface area contributed by atoms with Crippen molar-refractivity contribution in [3.05, 3.63) is 59.3 Å². The molecule has 2 aliphatic rings. The van der Waals surface area contributed by atoms with Crippen LogP contribution in [0.3, 0.4) is 0 Å². The molecular formula is C26H34F2N6O3. The molecule has 37 heavy (non-hydrogen) atoms. The Balaban J connectivity index is 0.00000112. The molecule has 0 amide bonds. The molecule has 1 aromatic carbocycles. The summed E-state index contributed by atoms with van der Waals surface area (Å²) in [6, 6.07) is 3.27. The number of guanidine groups is 1. The topological polar surface area (TPSA) is 112 Å². The minimum Gasteiger partial charge on any atom is -0.483 e. The van der Waals surface area contributed by atoms with Gasteiger partial charge in [-0.05, 0) is 44.4 Å². The number of benzene rings is 1. The number of rotatable bonds is 9. The van der Waals surface area contributed by atoms with Gasteiger partial charge in [-0.25, -0.2) is 18.8 Å². The van der Waals surface area contributed by atoms with Crippen molar-refractivity contribution >= 4 is 30.1 Å². The Morgan fingerprint density at radius 3 is 2.54 bits per heavy atom. The van der Waals surface area contributed by atoms with Gasteiger partial charge in [-0.3, -0.25) is 4.79 Å². The van der Waals surface area contributed by atoms with Gasteiger partial charge in [0.1, 0.15) is 0 Å². The third-order valence-corrected chi connectivity index (χ3v) is 5.42. The Hall–Kier alpha value is -3.57. The smallest absolute Gasteiger partial charge is 0.250 e. The summed E-state index contributed by atoms with van der Waals surface area (Å²) in [7, 11) is 3.14. The van der Waals surface area contributed by atoms with Crippen molar-refractivity contribution in [2.24, 2.45) is 21.0 Å². The fourth-order valence-corrected chi connectivity index (χ4v) is 2.99. The number of allylic oxidation sites excluding steroid dienone is 2. The summed E-state index contributed by atoms with van der Waals surface area (Å²) >= 11 is 0. The van der Waals surface area contributed by atoms with Crippen molar-refractivity contribution < 1.29 is 23.0 Å². The number of halogens is 2.